The molecule has 0 fully saturated rings. The fourth-order valence-corrected chi connectivity index (χ4v) is 2.90. The summed E-state index contributed by atoms with van der Waals surface area (Å²) in [4.78, 5) is 7.54. The molecular weight excluding hydrogens is 320 g/mol. The predicted molar refractivity (Wildman–Crippen MR) is 93.8 cm³/mol. The molecule has 2 unspecified atom stereocenters. The lowest BCUT2D eigenvalue weighted by Gasteiger charge is -2.21. The Morgan fingerprint density at radius 1 is 0.760 bits per heavy atom. The second kappa shape index (κ2) is 7.49. The molecule has 3 nitrogen and oxygen atoms in total. The number of pyridine rings is 2. The summed E-state index contributed by atoms with van der Waals surface area (Å²) >= 11 is 0. The molecule has 2 heterocycles. The molecule has 3 rings (SSSR count). The first kappa shape index (κ1) is 17.2. The summed E-state index contributed by atoms with van der Waals surface area (Å²) in [5.74, 6) is -1.28. The SMILES string of the molecule is CC(NC(C)c1c(F)cncc1F)c1ccc(-c2ccncc2)cc1. The van der Waals surface area contributed by atoms with Crippen LogP contribution in [-0.2, 0) is 0 Å². The van der Waals surface area contributed by atoms with Crippen LogP contribution in [0, 0.1) is 11.6 Å². The molecule has 0 bridgehead atoms. The molecule has 2 atom stereocenters. The van der Waals surface area contributed by atoms with Crippen LogP contribution in [-0.4, -0.2) is 9.97 Å². The number of halogens is 2. The summed E-state index contributed by atoms with van der Waals surface area (Å²) in [6, 6.07) is 11.5. The fraction of sp³-hybridized carbons (Fsp3) is 0.200. The van der Waals surface area contributed by atoms with Crippen molar-refractivity contribution in [2.45, 2.75) is 25.9 Å². The maximum Gasteiger partial charge on any atom is 0.149 e. The first-order valence-electron chi connectivity index (χ1n) is 8.11. The van der Waals surface area contributed by atoms with Crippen LogP contribution in [0.3, 0.4) is 0 Å². The number of hydrogen-bond donors (Lipinski definition) is 1. The Balaban J connectivity index is 1.74. The molecule has 1 N–H and O–H groups in total. The molecule has 2 aromatic heterocycles. The predicted octanol–water partition coefficient (Wildman–Crippen LogP) is 4.83. The lowest BCUT2D eigenvalue weighted by Crippen LogP contribution is -2.24. The zero-order valence-electron chi connectivity index (χ0n) is 14.1. The van der Waals surface area contributed by atoms with Gasteiger partial charge in [-0.05, 0) is 42.7 Å². The van der Waals surface area contributed by atoms with Crippen molar-refractivity contribution in [3.8, 4) is 11.1 Å². The van der Waals surface area contributed by atoms with E-state index in [4.69, 9.17) is 0 Å². The molecule has 1 aromatic carbocycles. The van der Waals surface area contributed by atoms with Crippen LogP contribution < -0.4 is 5.32 Å². The van der Waals surface area contributed by atoms with Crippen LogP contribution in [0.4, 0.5) is 8.78 Å². The van der Waals surface area contributed by atoms with Gasteiger partial charge in [-0.1, -0.05) is 24.3 Å². The summed E-state index contributed by atoms with van der Waals surface area (Å²) in [6.45, 7) is 3.71. The first-order chi connectivity index (χ1) is 12.1. The molecule has 3 aromatic rings. The summed E-state index contributed by atoms with van der Waals surface area (Å²) in [6.07, 6.45) is 5.58. The van der Waals surface area contributed by atoms with E-state index in [2.05, 4.69) is 15.3 Å². The van der Waals surface area contributed by atoms with Gasteiger partial charge in [-0.2, -0.15) is 0 Å². The van der Waals surface area contributed by atoms with E-state index in [0.717, 1.165) is 29.1 Å². The zero-order valence-corrected chi connectivity index (χ0v) is 14.1. The van der Waals surface area contributed by atoms with Crippen molar-refractivity contribution in [3.05, 3.63) is 83.9 Å². The standard InChI is InChI=1S/C20H19F2N3/c1-13(25-14(2)20-18(21)11-24-12-19(20)22)15-3-5-16(6-4-15)17-7-9-23-10-8-17/h3-14,25H,1-2H3. The molecular formula is C20H19F2N3. The minimum Gasteiger partial charge on any atom is -0.303 e. The first-order valence-corrected chi connectivity index (χ1v) is 8.11. The van der Waals surface area contributed by atoms with Crippen molar-refractivity contribution in [2.75, 3.05) is 0 Å². The molecule has 0 aliphatic rings. The second-order valence-corrected chi connectivity index (χ2v) is 5.98. The Kier molecular flexibility index (Phi) is 5.14. The molecule has 0 spiro atoms. The quantitative estimate of drug-likeness (QED) is 0.723. The molecule has 0 saturated heterocycles. The van der Waals surface area contributed by atoms with Gasteiger partial charge in [-0.3, -0.25) is 9.97 Å². The van der Waals surface area contributed by atoms with E-state index in [1.165, 1.54) is 0 Å². The highest BCUT2D eigenvalue weighted by Gasteiger charge is 2.18. The van der Waals surface area contributed by atoms with E-state index < -0.39 is 17.7 Å². The van der Waals surface area contributed by atoms with Gasteiger partial charge in [0, 0.05) is 30.0 Å². The molecule has 0 radical (unpaired) electrons. The monoisotopic (exact) mass is 339 g/mol. The summed E-state index contributed by atoms with van der Waals surface area (Å²) in [7, 11) is 0. The number of benzene rings is 1. The number of rotatable bonds is 5. The van der Waals surface area contributed by atoms with Crippen molar-refractivity contribution >= 4 is 0 Å². The van der Waals surface area contributed by atoms with Gasteiger partial charge in [0.1, 0.15) is 11.6 Å². The Morgan fingerprint density at radius 2 is 1.32 bits per heavy atom. The van der Waals surface area contributed by atoms with Gasteiger partial charge >= 0.3 is 0 Å². The second-order valence-electron chi connectivity index (χ2n) is 5.98. The molecule has 0 aliphatic heterocycles. The fourth-order valence-electron chi connectivity index (χ4n) is 2.90. The number of nitrogens with zero attached hydrogens (tertiary/aromatic N) is 2. The third-order valence-corrected chi connectivity index (χ3v) is 4.25. The molecule has 5 heteroatoms. The van der Waals surface area contributed by atoms with Gasteiger partial charge in [-0.15, -0.1) is 0 Å². The molecule has 25 heavy (non-hydrogen) atoms. The molecule has 128 valence electrons. The highest BCUT2D eigenvalue weighted by atomic mass is 19.1. The van der Waals surface area contributed by atoms with Gasteiger partial charge in [-0.25, -0.2) is 8.78 Å². The van der Waals surface area contributed by atoms with Crippen molar-refractivity contribution in [1.82, 2.24) is 15.3 Å². The van der Waals surface area contributed by atoms with Gasteiger partial charge in [0.25, 0.3) is 0 Å². The van der Waals surface area contributed by atoms with Crippen LogP contribution in [0.1, 0.15) is 37.1 Å². The lowest BCUT2D eigenvalue weighted by molar-refractivity contribution is 0.446. The average Bonchev–Trinajstić information content (AvgIpc) is 2.62. The Labute approximate surface area is 145 Å². The third-order valence-electron chi connectivity index (χ3n) is 4.25. The van der Waals surface area contributed by atoms with Gasteiger partial charge in [0.15, 0.2) is 0 Å². The minimum absolute atomic E-state index is 0.00950. The Hall–Kier alpha value is -2.66. The smallest absolute Gasteiger partial charge is 0.149 e. The van der Waals surface area contributed by atoms with Gasteiger partial charge in [0.05, 0.1) is 12.4 Å². The van der Waals surface area contributed by atoms with E-state index in [9.17, 15) is 8.78 Å². The van der Waals surface area contributed by atoms with E-state index in [1.807, 2.05) is 43.3 Å². The summed E-state index contributed by atoms with van der Waals surface area (Å²) < 4.78 is 27.7. The van der Waals surface area contributed by atoms with Crippen LogP contribution in [0.25, 0.3) is 11.1 Å². The number of nitrogens with one attached hydrogen (secondary N) is 1. The van der Waals surface area contributed by atoms with E-state index in [1.54, 1.807) is 19.3 Å². The minimum atomic E-state index is -0.639. The van der Waals surface area contributed by atoms with E-state index in [-0.39, 0.29) is 11.6 Å². The van der Waals surface area contributed by atoms with Crippen molar-refractivity contribution < 1.29 is 8.78 Å². The largest absolute Gasteiger partial charge is 0.303 e. The maximum atomic E-state index is 13.8. The summed E-state index contributed by atoms with van der Waals surface area (Å²) in [5, 5.41) is 3.24. The van der Waals surface area contributed by atoms with Crippen molar-refractivity contribution in [1.29, 1.82) is 0 Å². The Bertz CT molecular complexity index is 815. The highest BCUT2D eigenvalue weighted by molar-refractivity contribution is 5.62. The molecule has 0 saturated carbocycles. The van der Waals surface area contributed by atoms with E-state index >= 15 is 0 Å². The average molecular weight is 339 g/mol. The Morgan fingerprint density at radius 3 is 1.92 bits per heavy atom. The van der Waals surface area contributed by atoms with Crippen molar-refractivity contribution in [2.24, 2.45) is 0 Å². The van der Waals surface area contributed by atoms with Crippen LogP contribution in [0.5, 0.6) is 0 Å². The van der Waals surface area contributed by atoms with Crippen molar-refractivity contribution in [3.63, 3.8) is 0 Å². The number of hydrogen-bond acceptors (Lipinski definition) is 3. The molecule has 0 amide bonds. The van der Waals surface area contributed by atoms with Gasteiger partial charge < -0.3 is 5.32 Å². The van der Waals surface area contributed by atoms with E-state index in [0.29, 0.717) is 0 Å². The highest BCUT2D eigenvalue weighted by Crippen LogP contribution is 2.25. The topological polar surface area (TPSA) is 37.8 Å². The summed E-state index contributed by atoms with van der Waals surface area (Å²) in [5.41, 5.74) is 3.24. The van der Waals surface area contributed by atoms with Crippen LogP contribution in [0.2, 0.25) is 0 Å². The van der Waals surface area contributed by atoms with Crippen LogP contribution >= 0.6 is 0 Å². The third kappa shape index (κ3) is 3.88. The van der Waals surface area contributed by atoms with Gasteiger partial charge in [0.2, 0.25) is 0 Å². The maximum absolute atomic E-state index is 13.8. The lowest BCUT2D eigenvalue weighted by atomic mass is 10.0. The normalized spacial score (nSPS) is 13.4. The van der Waals surface area contributed by atoms with Crippen LogP contribution in [0.15, 0.2) is 61.2 Å². The zero-order chi connectivity index (χ0) is 17.8. The molecule has 0 aliphatic carbocycles. The number of aromatic nitrogens is 2.